The van der Waals surface area contributed by atoms with Crippen molar-refractivity contribution < 1.29 is 22.8 Å². The zero-order valence-electron chi connectivity index (χ0n) is 15.2. The highest BCUT2D eigenvalue weighted by Crippen LogP contribution is 2.39. The van der Waals surface area contributed by atoms with E-state index in [9.17, 15) is 22.8 Å². The van der Waals surface area contributed by atoms with Crippen molar-refractivity contribution in [2.75, 3.05) is 13.1 Å². The van der Waals surface area contributed by atoms with Crippen LogP contribution in [0.5, 0.6) is 0 Å². The number of aromatic nitrogens is 3. The van der Waals surface area contributed by atoms with E-state index in [1.165, 1.54) is 13.1 Å². The summed E-state index contributed by atoms with van der Waals surface area (Å²) in [5.74, 6) is -2.17. The third-order valence-corrected chi connectivity index (χ3v) is 5.32. The van der Waals surface area contributed by atoms with E-state index < -0.39 is 30.0 Å². The molecule has 150 valence electrons. The first kappa shape index (κ1) is 18.7. The number of H-pyrrole nitrogens is 1. The van der Waals surface area contributed by atoms with Crippen molar-refractivity contribution in [3.63, 3.8) is 0 Å². The van der Waals surface area contributed by atoms with Crippen LogP contribution in [-0.4, -0.2) is 57.0 Å². The predicted molar refractivity (Wildman–Crippen MR) is 93.5 cm³/mol. The topological polar surface area (TPSA) is 91.0 Å². The van der Waals surface area contributed by atoms with Gasteiger partial charge < -0.3 is 15.2 Å². The minimum absolute atomic E-state index is 0.0343. The van der Waals surface area contributed by atoms with E-state index in [1.807, 2.05) is 0 Å². The van der Waals surface area contributed by atoms with Gasteiger partial charge in [0.2, 0.25) is 5.91 Å². The van der Waals surface area contributed by atoms with Gasteiger partial charge in [0.15, 0.2) is 5.65 Å². The van der Waals surface area contributed by atoms with E-state index in [4.69, 9.17) is 0 Å². The van der Waals surface area contributed by atoms with E-state index in [1.54, 1.807) is 6.20 Å². The number of halogens is 3. The summed E-state index contributed by atoms with van der Waals surface area (Å²) in [4.78, 5) is 37.9. The second-order valence-corrected chi connectivity index (χ2v) is 7.48. The lowest BCUT2D eigenvalue weighted by Crippen LogP contribution is -2.46. The highest BCUT2D eigenvalue weighted by Gasteiger charge is 2.45. The van der Waals surface area contributed by atoms with Gasteiger partial charge in [-0.25, -0.2) is 9.97 Å². The zero-order valence-corrected chi connectivity index (χ0v) is 15.2. The van der Waals surface area contributed by atoms with Crippen LogP contribution in [0.4, 0.5) is 13.2 Å². The number of nitrogens with one attached hydrogen (secondary N) is 2. The molecule has 28 heavy (non-hydrogen) atoms. The molecule has 1 saturated heterocycles. The van der Waals surface area contributed by atoms with Crippen molar-refractivity contribution in [1.29, 1.82) is 0 Å². The van der Waals surface area contributed by atoms with E-state index >= 15 is 0 Å². The molecule has 2 amide bonds. The summed E-state index contributed by atoms with van der Waals surface area (Å²) in [6.07, 6.45) is 0.832. The number of carbonyl (C=O) groups excluding carboxylic acids is 2. The van der Waals surface area contributed by atoms with E-state index in [0.717, 1.165) is 23.4 Å². The minimum Gasteiger partial charge on any atom is -0.344 e. The van der Waals surface area contributed by atoms with Crippen molar-refractivity contribution in [3.8, 4) is 0 Å². The molecule has 4 rings (SSSR count). The Kier molecular flexibility index (Phi) is 4.51. The van der Waals surface area contributed by atoms with Gasteiger partial charge in [-0.05, 0) is 26.2 Å². The molecule has 2 N–H and O–H groups in total. The van der Waals surface area contributed by atoms with E-state index in [2.05, 4.69) is 20.3 Å². The molecular weight excluding hydrogens is 375 g/mol. The van der Waals surface area contributed by atoms with Crippen LogP contribution in [0.1, 0.15) is 48.2 Å². The highest BCUT2D eigenvalue weighted by molar-refractivity contribution is 6.05. The van der Waals surface area contributed by atoms with Gasteiger partial charge in [-0.2, -0.15) is 13.2 Å². The molecule has 1 aliphatic carbocycles. The Labute approximate surface area is 158 Å². The quantitative estimate of drug-likeness (QED) is 0.832. The summed E-state index contributed by atoms with van der Waals surface area (Å²) in [6, 6.07) is -0.941. The van der Waals surface area contributed by atoms with Crippen LogP contribution in [0, 0.1) is 5.92 Å². The Hall–Kier alpha value is -2.65. The smallest absolute Gasteiger partial charge is 0.344 e. The van der Waals surface area contributed by atoms with Gasteiger partial charge in [0.25, 0.3) is 5.91 Å². The van der Waals surface area contributed by atoms with Crippen LogP contribution in [-0.2, 0) is 4.79 Å². The summed E-state index contributed by atoms with van der Waals surface area (Å²) in [5.41, 5.74) is 2.00. The van der Waals surface area contributed by atoms with Gasteiger partial charge in [0.05, 0.1) is 23.4 Å². The number of carbonyl (C=O) groups is 2. The fourth-order valence-corrected chi connectivity index (χ4v) is 3.49. The third-order valence-electron chi connectivity index (χ3n) is 5.32. The standard InChI is InChI=1S/C18H20F3N5O2/c1-9(17(28)26-5-4-11(8-26)18(19,20)21)24-16(27)12-6-22-15-14(12)25-13(7-23-15)10-2-3-10/h6-7,9-11H,2-5,8H2,1H3,(H,22,23)(H,24,27)/t9?,11-/m1/s1. The van der Waals surface area contributed by atoms with Crippen molar-refractivity contribution >= 4 is 23.0 Å². The van der Waals surface area contributed by atoms with Gasteiger partial charge in [0.1, 0.15) is 11.6 Å². The lowest BCUT2D eigenvalue weighted by Gasteiger charge is -2.22. The van der Waals surface area contributed by atoms with Gasteiger partial charge >= 0.3 is 6.18 Å². The Morgan fingerprint density at radius 1 is 1.32 bits per heavy atom. The lowest BCUT2D eigenvalue weighted by atomic mass is 10.1. The number of nitrogens with zero attached hydrogens (tertiary/aromatic N) is 3. The Morgan fingerprint density at radius 2 is 2.07 bits per heavy atom. The van der Waals surface area contributed by atoms with Crippen LogP contribution in [0.2, 0.25) is 0 Å². The largest absolute Gasteiger partial charge is 0.393 e. The first-order valence-electron chi connectivity index (χ1n) is 9.24. The van der Waals surface area contributed by atoms with Crippen LogP contribution >= 0.6 is 0 Å². The maximum atomic E-state index is 12.8. The van der Waals surface area contributed by atoms with E-state index in [-0.39, 0.29) is 25.1 Å². The summed E-state index contributed by atoms with van der Waals surface area (Å²) < 4.78 is 38.4. The fraction of sp³-hybridized carbons (Fsp3) is 0.556. The minimum atomic E-state index is -4.32. The monoisotopic (exact) mass is 395 g/mol. The molecule has 0 radical (unpaired) electrons. The molecule has 2 fully saturated rings. The number of fused-ring (bicyclic) bond motifs is 1. The fourth-order valence-electron chi connectivity index (χ4n) is 3.49. The Balaban J connectivity index is 1.44. The highest BCUT2D eigenvalue weighted by atomic mass is 19.4. The maximum absolute atomic E-state index is 12.8. The molecular formula is C18H20F3N5O2. The molecule has 2 aromatic rings. The van der Waals surface area contributed by atoms with Crippen molar-refractivity contribution in [3.05, 3.63) is 23.7 Å². The number of aromatic amines is 1. The van der Waals surface area contributed by atoms with Crippen LogP contribution in [0.25, 0.3) is 11.2 Å². The average molecular weight is 395 g/mol. The van der Waals surface area contributed by atoms with Crippen LogP contribution in [0.15, 0.2) is 12.4 Å². The molecule has 0 aromatic carbocycles. The molecule has 1 unspecified atom stereocenters. The molecule has 2 atom stereocenters. The zero-order chi connectivity index (χ0) is 20.1. The van der Waals surface area contributed by atoms with Gasteiger partial charge in [-0.1, -0.05) is 0 Å². The summed E-state index contributed by atoms with van der Waals surface area (Å²) in [7, 11) is 0. The average Bonchev–Trinajstić information content (AvgIpc) is 3.20. The number of alkyl halides is 3. The molecule has 0 spiro atoms. The number of likely N-dealkylation sites (tertiary alicyclic amines) is 1. The molecule has 1 aliphatic heterocycles. The molecule has 2 aromatic heterocycles. The second kappa shape index (κ2) is 6.75. The van der Waals surface area contributed by atoms with Crippen LogP contribution < -0.4 is 5.32 Å². The third kappa shape index (κ3) is 3.55. The van der Waals surface area contributed by atoms with Gasteiger partial charge in [-0.15, -0.1) is 0 Å². The lowest BCUT2D eigenvalue weighted by molar-refractivity contribution is -0.171. The van der Waals surface area contributed by atoms with E-state index in [0.29, 0.717) is 17.1 Å². The summed E-state index contributed by atoms with van der Waals surface area (Å²) >= 11 is 0. The molecule has 2 aliphatic rings. The number of hydrogen-bond donors (Lipinski definition) is 2. The molecule has 10 heteroatoms. The number of amides is 2. The van der Waals surface area contributed by atoms with Crippen LogP contribution in [0.3, 0.4) is 0 Å². The normalized spacial score (nSPS) is 21.1. The molecule has 0 bridgehead atoms. The second-order valence-electron chi connectivity index (χ2n) is 7.48. The Bertz CT molecular complexity index is 922. The molecule has 3 heterocycles. The Morgan fingerprint density at radius 3 is 2.71 bits per heavy atom. The molecule has 1 saturated carbocycles. The van der Waals surface area contributed by atoms with Crippen molar-refractivity contribution in [2.24, 2.45) is 5.92 Å². The number of rotatable bonds is 4. The first-order valence-corrected chi connectivity index (χ1v) is 9.24. The number of hydrogen-bond acceptors (Lipinski definition) is 4. The molecule has 7 nitrogen and oxygen atoms in total. The predicted octanol–water partition coefficient (Wildman–Crippen LogP) is 2.36. The first-order chi connectivity index (χ1) is 13.2. The van der Waals surface area contributed by atoms with Crippen molar-refractivity contribution in [1.82, 2.24) is 25.2 Å². The maximum Gasteiger partial charge on any atom is 0.393 e. The van der Waals surface area contributed by atoms with Crippen molar-refractivity contribution in [2.45, 2.75) is 44.3 Å². The summed E-state index contributed by atoms with van der Waals surface area (Å²) in [5, 5.41) is 2.57. The van der Waals surface area contributed by atoms with Gasteiger partial charge in [0, 0.05) is 25.2 Å². The van der Waals surface area contributed by atoms with Gasteiger partial charge in [-0.3, -0.25) is 9.59 Å². The SMILES string of the molecule is CC(NC(=O)c1c[nH]c2ncc(C3CC3)nc12)C(=O)N1CC[C@@H](C(F)(F)F)C1. The summed E-state index contributed by atoms with van der Waals surface area (Å²) in [6.45, 7) is 1.13.